The summed E-state index contributed by atoms with van der Waals surface area (Å²) < 4.78 is 9.89. The quantitative estimate of drug-likeness (QED) is 0.279. The number of rotatable bonds is 9. The highest BCUT2D eigenvalue weighted by Crippen LogP contribution is 2.24. The molecule has 1 amide bonds. The van der Waals surface area contributed by atoms with Gasteiger partial charge in [-0.1, -0.05) is 12.1 Å². The summed E-state index contributed by atoms with van der Waals surface area (Å²) in [7, 11) is 0. The lowest BCUT2D eigenvalue weighted by Gasteiger charge is -2.11. The van der Waals surface area contributed by atoms with Crippen molar-refractivity contribution < 1.29 is 14.3 Å². The number of ketones is 1. The third-order valence-corrected chi connectivity index (χ3v) is 5.85. The van der Waals surface area contributed by atoms with Crippen LogP contribution in [0.15, 0.2) is 91.5 Å². The van der Waals surface area contributed by atoms with Crippen molar-refractivity contribution in [3.8, 4) is 11.5 Å². The number of carbonyl (C=O) groups is 2. The average Bonchev–Trinajstić information content (AvgIpc) is 3.53. The molecule has 180 valence electrons. The van der Waals surface area contributed by atoms with E-state index in [4.69, 9.17) is 4.74 Å². The van der Waals surface area contributed by atoms with Gasteiger partial charge in [-0.25, -0.2) is 9.97 Å². The molecule has 0 radical (unpaired) electrons. The van der Waals surface area contributed by atoms with E-state index in [0.29, 0.717) is 35.1 Å². The Morgan fingerprint density at radius 3 is 2.25 bits per heavy atom. The van der Waals surface area contributed by atoms with E-state index in [-0.39, 0.29) is 11.7 Å². The number of amides is 1. The molecule has 0 atom stereocenters. The number of hydrogen-bond acceptors (Lipinski definition) is 5. The van der Waals surface area contributed by atoms with E-state index < -0.39 is 0 Å². The van der Waals surface area contributed by atoms with E-state index in [0.717, 1.165) is 24.0 Å². The molecule has 0 unspecified atom stereocenters. The first-order chi connectivity index (χ1) is 17.6. The SMILES string of the molecule is CC(=O)c1ccc(Oc2ccc(C(=O)Nc3nc4ccccc4n3CCCn3ccnc3)cc2)cc1. The lowest BCUT2D eigenvalue weighted by Crippen LogP contribution is -2.16. The smallest absolute Gasteiger partial charge is 0.257 e. The number of benzene rings is 3. The highest BCUT2D eigenvalue weighted by Gasteiger charge is 2.14. The minimum atomic E-state index is -0.251. The third-order valence-electron chi connectivity index (χ3n) is 5.85. The second-order valence-corrected chi connectivity index (χ2v) is 8.39. The van der Waals surface area contributed by atoms with E-state index in [1.807, 2.05) is 39.6 Å². The Labute approximate surface area is 208 Å². The monoisotopic (exact) mass is 479 g/mol. The minimum Gasteiger partial charge on any atom is -0.457 e. The maximum atomic E-state index is 13.0. The lowest BCUT2D eigenvalue weighted by atomic mass is 10.1. The van der Waals surface area contributed by atoms with Gasteiger partial charge in [0, 0.05) is 36.6 Å². The minimum absolute atomic E-state index is 0.00337. The Balaban J connectivity index is 1.28. The summed E-state index contributed by atoms with van der Waals surface area (Å²) in [5, 5.41) is 2.97. The van der Waals surface area contributed by atoms with Crippen LogP contribution >= 0.6 is 0 Å². The first kappa shape index (κ1) is 23.0. The van der Waals surface area contributed by atoms with Crippen LogP contribution in [-0.2, 0) is 13.1 Å². The molecule has 5 aromatic rings. The molecule has 0 saturated carbocycles. The number of para-hydroxylation sites is 2. The number of ether oxygens (including phenoxy) is 1. The van der Waals surface area contributed by atoms with Crippen molar-refractivity contribution in [3.05, 3.63) is 103 Å². The Morgan fingerprint density at radius 2 is 1.58 bits per heavy atom. The molecule has 0 bridgehead atoms. The van der Waals surface area contributed by atoms with Crippen LogP contribution in [0.4, 0.5) is 5.95 Å². The largest absolute Gasteiger partial charge is 0.457 e. The maximum absolute atomic E-state index is 13.0. The van der Waals surface area contributed by atoms with Crippen molar-refractivity contribution in [1.29, 1.82) is 0 Å². The molecule has 36 heavy (non-hydrogen) atoms. The Morgan fingerprint density at radius 1 is 0.889 bits per heavy atom. The zero-order valence-corrected chi connectivity index (χ0v) is 19.8. The molecule has 2 aromatic heterocycles. The fourth-order valence-corrected chi connectivity index (χ4v) is 3.97. The molecule has 5 rings (SSSR count). The number of aromatic nitrogens is 4. The van der Waals surface area contributed by atoms with Crippen LogP contribution in [0.3, 0.4) is 0 Å². The summed E-state index contributed by atoms with van der Waals surface area (Å²) in [5.74, 6) is 1.47. The van der Waals surface area contributed by atoms with Crippen molar-refractivity contribution in [2.45, 2.75) is 26.4 Å². The summed E-state index contributed by atoms with van der Waals surface area (Å²) in [6, 6.07) is 21.7. The van der Waals surface area contributed by atoms with Gasteiger partial charge in [0.2, 0.25) is 5.95 Å². The van der Waals surface area contributed by atoms with Gasteiger partial charge in [-0.2, -0.15) is 0 Å². The van der Waals surface area contributed by atoms with E-state index in [1.54, 1.807) is 61.1 Å². The summed E-state index contributed by atoms with van der Waals surface area (Å²) in [5.41, 5.74) is 2.92. The van der Waals surface area contributed by atoms with Gasteiger partial charge in [0.15, 0.2) is 5.78 Å². The highest BCUT2D eigenvalue weighted by molar-refractivity contribution is 6.04. The van der Waals surface area contributed by atoms with Gasteiger partial charge in [0.05, 0.1) is 17.4 Å². The van der Waals surface area contributed by atoms with Gasteiger partial charge >= 0.3 is 0 Å². The van der Waals surface area contributed by atoms with Crippen LogP contribution in [0.5, 0.6) is 11.5 Å². The highest BCUT2D eigenvalue weighted by atomic mass is 16.5. The summed E-state index contributed by atoms with van der Waals surface area (Å²) in [6.45, 7) is 3.04. The maximum Gasteiger partial charge on any atom is 0.257 e. The van der Waals surface area contributed by atoms with Gasteiger partial charge in [-0.3, -0.25) is 14.9 Å². The topological polar surface area (TPSA) is 91.0 Å². The number of aryl methyl sites for hydroxylation is 2. The fraction of sp³-hybridized carbons (Fsp3) is 0.143. The van der Waals surface area contributed by atoms with Gasteiger partial charge in [-0.05, 0) is 74.0 Å². The third kappa shape index (κ3) is 5.17. The van der Waals surface area contributed by atoms with E-state index in [1.165, 1.54) is 6.92 Å². The molecule has 0 aliphatic rings. The molecule has 0 aliphatic heterocycles. The molecule has 8 heteroatoms. The van der Waals surface area contributed by atoms with Crippen molar-refractivity contribution in [1.82, 2.24) is 19.1 Å². The number of fused-ring (bicyclic) bond motifs is 1. The average molecular weight is 480 g/mol. The van der Waals surface area contributed by atoms with Crippen LogP contribution in [0, 0.1) is 0 Å². The van der Waals surface area contributed by atoms with Gasteiger partial charge in [-0.15, -0.1) is 0 Å². The molecule has 0 aliphatic carbocycles. The Bertz CT molecular complexity index is 1490. The van der Waals surface area contributed by atoms with E-state index >= 15 is 0 Å². The van der Waals surface area contributed by atoms with Crippen LogP contribution in [-0.4, -0.2) is 30.8 Å². The fourth-order valence-electron chi connectivity index (χ4n) is 3.97. The molecule has 0 fully saturated rings. The van der Waals surface area contributed by atoms with Crippen LogP contribution in [0.1, 0.15) is 34.1 Å². The summed E-state index contributed by atoms with van der Waals surface area (Å²) in [4.78, 5) is 33.2. The second kappa shape index (κ2) is 10.3. The van der Waals surface area contributed by atoms with Gasteiger partial charge in [0.25, 0.3) is 5.91 Å². The van der Waals surface area contributed by atoms with E-state index in [9.17, 15) is 9.59 Å². The zero-order chi connectivity index (χ0) is 24.9. The predicted molar refractivity (Wildman–Crippen MR) is 137 cm³/mol. The predicted octanol–water partition coefficient (Wildman–Crippen LogP) is 5.57. The van der Waals surface area contributed by atoms with Gasteiger partial charge in [0.1, 0.15) is 11.5 Å². The van der Waals surface area contributed by atoms with Crippen molar-refractivity contribution in [3.63, 3.8) is 0 Å². The number of nitrogens with zero attached hydrogens (tertiary/aromatic N) is 4. The van der Waals surface area contributed by atoms with Crippen molar-refractivity contribution in [2.75, 3.05) is 5.32 Å². The summed E-state index contributed by atoms with van der Waals surface area (Å²) >= 11 is 0. The first-order valence-corrected chi connectivity index (χ1v) is 11.7. The second-order valence-electron chi connectivity index (χ2n) is 8.39. The van der Waals surface area contributed by atoms with Crippen LogP contribution in [0.25, 0.3) is 11.0 Å². The Kier molecular flexibility index (Phi) is 6.57. The van der Waals surface area contributed by atoms with E-state index in [2.05, 4.69) is 15.3 Å². The lowest BCUT2D eigenvalue weighted by molar-refractivity contribution is 0.101. The number of nitrogens with one attached hydrogen (secondary N) is 1. The van der Waals surface area contributed by atoms with Crippen molar-refractivity contribution >= 4 is 28.7 Å². The van der Waals surface area contributed by atoms with Crippen LogP contribution < -0.4 is 10.1 Å². The van der Waals surface area contributed by atoms with Gasteiger partial charge < -0.3 is 13.9 Å². The molecule has 1 N–H and O–H groups in total. The normalized spacial score (nSPS) is 10.9. The molecule has 8 nitrogen and oxygen atoms in total. The number of hydrogen-bond donors (Lipinski definition) is 1. The first-order valence-electron chi connectivity index (χ1n) is 11.7. The number of anilines is 1. The molecular weight excluding hydrogens is 454 g/mol. The molecule has 2 heterocycles. The molecule has 0 spiro atoms. The standard InChI is InChI=1S/C28H25N5O3/c1-20(34)21-7-11-23(12-8-21)36-24-13-9-22(10-14-24)27(35)31-28-30-25-5-2-3-6-26(25)33(28)17-4-16-32-18-15-29-19-32/h2-3,5-15,18-19H,4,16-17H2,1H3,(H,30,31,35). The number of imidazole rings is 2. The number of Topliss-reactive ketones (excluding diaryl/α,β-unsaturated/α-hetero) is 1. The van der Waals surface area contributed by atoms with Crippen LogP contribution in [0.2, 0.25) is 0 Å². The molecular formula is C28H25N5O3. The number of carbonyl (C=O) groups excluding carboxylic acids is 2. The van der Waals surface area contributed by atoms with Crippen molar-refractivity contribution in [2.24, 2.45) is 0 Å². The molecule has 3 aromatic carbocycles. The Hall–Kier alpha value is -4.72. The summed E-state index contributed by atoms with van der Waals surface area (Å²) in [6.07, 6.45) is 6.35. The molecule has 0 saturated heterocycles. The zero-order valence-electron chi connectivity index (χ0n) is 19.8.